The molecule has 114 valence electrons. The number of carboxylic acids is 1. The van der Waals surface area contributed by atoms with E-state index in [0.717, 1.165) is 13.0 Å². The quantitative estimate of drug-likeness (QED) is 0.484. The zero-order valence-electron chi connectivity index (χ0n) is 12.9. The van der Waals surface area contributed by atoms with Crippen molar-refractivity contribution in [2.24, 2.45) is 0 Å². The Kier molecular flexibility index (Phi) is 7.76. The molecule has 1 atom stereocenters. The van der Waals surface area contributed by atoms with Crippen molar-refractivity contribution in [3.8, 4) is 0 Å². The number of quaternary nitrogens is 1. The van der Waals surface area contributed by atoms with Crippen LogP contribution in [0.2, 0.25) is 6.04 Å². The van der Waals surface area contributed by atoms with Crippen molar-refractivity contribution < 1.29 is 27.7 Å². The van der Waals surface area contributed by atoms with Gasteiger partial charge in [0.1, 0.15) is 0 Å². The number of nitrogens with zero attached hydrogens (tertiary/aromatic N) is 1. The molecule has 0 aliphatic rings. The molecule has 0 aliphatic heterocycles. The van der Waals surface area contributed by atoms with Crippen LogP contribution in [0.4, 0.5) is 0 Å². The van der Waals surface area contributed by atoms with Crippen molar-refractivity contribution in [1.29, 1.82) is 0 Å². The number of carbonyl (C=O) groups is 1. The van der Waals surface area contributed by atoms with Crippen molar-refractivity contribution in [3.63, 3.8) is 0 Å². The molecule has 0 fully saturated rings. The van der Waals surface area contributed by atoms with Gasteiger partial charge in [-0.25, -0.2) is 4.79 Å². The van der Waals surface area contributed by atoms with Crippen molar-refractivity contribution in [1.82, 2.24) is 0 Å². The molecule has 1 unspecified atom stereocenters. The predicted molar refractivity (Wildman–Crippen MR) is 74.9 cm³/mol. The summed E-state index contributed by atoms with van der Waals surface area (Å²) < 4.78 is 16.5. The van der Waals surface area contributed by atoms with Crippen LogP contribution in [0.3, 0.4) is 0 Å². The van der Waals surface area contributed by atoms with E-state index in [2.05, 4.69) is 0 Å². The standard InChI is InChI=1S/C12H27NO5Si/c1-7-11(12(14)15)13(2,3)9-8-10-19(16-4,17-5)18-6/h11H,7-10H2,1-6H3/p+1. The average Bonchev–Trinajstić information content (AvgIpc) is 2.35. The molecule has 6 nitrogen and oxygen atoms in total. The third kappa shape index (κ3) is 5.19. The minimum Gasteiger partial charge on any atom is -0.477 e. The van der Waals surface area contributed by atoms with Crippen molar-refractivity contribution in [2.75, 3.05) is 42.0 Å². The van der Waals surface area contributed by atoms with Gasteiger partial charge in [0, 0.05) is 40.2 Å². The number of aliphatic carboxylic acids is 1. The third-order valence-electron chi connectivity index (χ3n) is 3.67. The van der Waals surface area contributed by atoms with Crippen LogP contribution in [0, 0.1) is 0 Å². The Morgan fingerprint density at radius 1 is 1.21 bits per heavy atom. The van der Waals surface area contributed by atoms with E-state index < -0.39 is 14.8 Å². The molecule has 0 amide bonds. The SMILES string of the molecule is CCC(C(=O)O)[N+](C)(C)CCC[Si](OC)(OC)OC. The molecule has 7 heteroatoms. The zero-order chi connectivity index (χ0) is 15.1. The maximum atomic E-state index is 11.2. The van der Waals surface area contributed by atoms with Gasteiger partial charge in [-0.3, -0.25) is 0 Å². The second kappa shape index (κ2) is 7.96. The number of carboxylic acid groups (broad SMARTS) is 1. The van der Waals surface area contributed by atoms with Gasteiger partial charge in [0.15, 0.2) is 6.04 Å². The van der Waals surface area contributed by atoms with Gasteiger partial charge in [0.25, 0.3) is 0 Å². The minimum absolute atomic E-state index is 0.385. The van der Waals surface area contributed by atoms with Crippen LogP contribution in [0.25, 0.3) is 0 Å². The van der Waals surface area contributed by atoms with E-state index in [1.165, 1.54) is 0 Å². The van der Waals surface area contributed by atoms with Gasteiger partial charge < -0.3 is 22.9 Å². The Morgan fingerprint density at radius 2 is 1.68 bits per heavy atom. The predicted octanol–water partition coefficient (Wildman–Crippen LogP) is 1.19. The first-order valence-corrected chi connectivity index (χ1v) is 8.42. The van der Waals surface area contributed by atoms with Gasteiger partial charge in [-0.1, -0.05) is 6.92 Å². The monoisotopic (exact) mass is 294 g/mol. The van der Waals surface area contributed by atoms with Crippen molar-refractivity contribution >= 4 is 14.8 Å². The summed E-state index contributed by atoms with van der Waals surface area (Å²) in [6, 6.07) is 0.303. The molecule has 0 bridgehead atoms. The second-order valence-electron chi connectivity index (χ2n) is 5.16. The van der Waals surface area contributed by atoms with Crippen LogP contribution >= 0.6 is 0 Å². The van der Waals surface area contributed by atoms with Crippen molar-refractivity contribution in [3.05, 3.63) is 0 Å². The molecule has 0 rings (SSSR count). The minimum atomic E-state index is -2.55. The maximum Gasteiger partial charge on any atom is 0.500 e. The number of hydrogen-bond acceptors (Lipinski definition) is 4. The summed E-state index contributed by atoms with van der Waals surface area (Å²) in [5, 5.41) is 9.23. The molecule has 0 heterocycles. The summed E-state index contributed by atoms with van der Waals surface area (Å²) >= 11 is 0. The molecular formula is C12H28NO5Si+. The van der Waals surface area contributed by atoms with Gasteiger partial charge in [-0.15, -0.1) is 0 Å². The summed E-state index contributed by atoms with van der Waals surface area (Å²) in [7, 11) is 6.10. The number of rotatable bonds is 10. The van der Waals surface area contributed by atoms with E-state index >= 15 is 0 Å². The smallest absolute Gasteiger partial charge is 0.477 e. The summed E-state index contributed by atoms with van der Waals surface area (Å²) in [6.45, 7) is 2.65. The van der Waals surface area contributed by atoms with Crippen molar-refractivity contribution in [2.45, 2.75) is 31.9 Å². The Bertz CT molecular complexity index is 273. The summed E-state index contributed by atoms with van der Waals surface area (Å²) in [5.74, 6) is -0.749. The Labute approximate surface area is 117 Å². The highest BCUT2D eigenvalue weighted by atomic mass is 28.4. The first kappa shape index (κ1) is 18.5. The number of hydrogen-bond donors (Lipinski definition) is 1. The van der Waals surface area contributed by atoms with Crippen LogP contribution in [-0.2, 0) is 18.1 Å². The Morgan fingerprint density at radius 3 is 2.00 bits per heavy atom. The molecule has 0 saturated heterocycles. The highest BCUT2D eigenvalue weighted by molar-refractivity contribution is 6.60. The first-order chi connectivity index (χ1) is 8.78. The lowest BCUT2D eigenvalue weighted by molar-refractivity contribution is -0.906. The molecule has 0 aromatic rings. The second-order valence-corrected chi connectivity index (χ2v) is 8.25. The van der Waals surface area contributed by atoms with Crippen LogP contribution < -0.4 is 0 Å². The molecule has 0 saturated carbocycles. The van der Waals surface area contributed by atoms with E-state index in [4.69, 9.17) is 13.3 Å². The molecule has 1 N–H and O–H groups in total. The molecule has 19 heavy (non-hydrogen) atoms. The Hall–Kier alpha value is -0.473. The van der Waals surface area contributed by atoms with Gasteiger partial charge in [0.2, 0.25) is 0 Å². The van der Waals surface area contributed by atoms with E-state index in [9.17, 15) is 9.90 Å². The fourth-order valence-electron chi connectivity index (χ4n) is 2.38. The molecule has 0 aromatic carbocycles. The molecular weight excluding hydrogens is 266 g/mol. The molecule has 0 spiro atoms. The fourth-order valence-corrected chi connectivity index (χ4v) is 4.09. The fraction of sp³-hybridized carbons (Fsp3) is 0.917. The van der Waals surface area contributed by atoms with Gasteiger partial charge >= 0.3 is 14.8 Å². The third-order valence-corrected chi connectivity index (χ3v) is 6.50. The van der Waals surface area contributed by atoms with E-state index in [1.807, 2.05) is 21.0 Å². The topological polar surface area (TPSA) is 65.0 Å². The van der Waals surface area contributed by atoms with Crippen LogP contribution in [0.15, 0.2) is 0 Å². The van der Waals surface area contributed by atoms with E-state index in [-0.39, 0.29) is 6.04 Å². The summed E-state index contributed by atoms with van der Waals surface area (Å²) in [6.07, 6.45) is 1.42. The molecule has 0 aliphatic carbocycles. The normalized spacial score (nSPS) is 14.4. The molecule has 0 aromatic heterocycles. The lowest BCUT2D eigenvalue weighted by atomic mass is 10.1. The van der Waals surface area contributed by atoms with Crippen LogP contribution in [0.1, 0.15) is 19.8 Å². The van der Waals surface area contributed by atoms with Gasteiger partial charge in [-0.2, -0.15) is 0 Å². The van der Waals surface area contributed by atoms with E-state index in [0.29, 0.717) is 16.9 Å². The van der Waals surface area contributed by atoms with Gasteiger partial charge in [0.05, 0.1) is 20.6 Å². The largest absolute Gasteiger partial charge is 0.500 e. The van der Waals surface area contributed by atoms with Crippen LogP contribution in [-0.4, -0.2) is 72.4 Å². The maximum absolute atomic E-state index is 11.2. The zero-order valence-corrected chi connectivity index (χ0v) is 13.9. The highest BCUT2D eigenvalue weighted by Crippen LogP contribution is 2.18. The summed E-state index contributed by atoms with van der Waals surface area (Å²) in [4.78, 5) is 11.2. The lowest BCUT2D eigenvalue weighted by Crippen LogP contribution is -2.53. The van der Waals surface area contributed by atoms with E-state index in [1.54, 1.807) is 21.3 Å². The first-order valence-electron chi connectivity index (χ1n) is 6.49. The Balaban J connectivity index is 4.50. The number of likely N-dealkylation sites (N-methyl/N-ethyl adjacent to an activating group) is 1. The lowest BCUT2D eigenvalue weighted by Gasteiger charge is -2.35. The molecule has 0 radical (unpaired) electrons. The van der Waals surface area contributed by atoms with Crippen LogP contribution in [0.5, 0.6) is 0 Å². The van der Waals surface area contributed by atoms with Gasteiger partial charge in [-0.05, 0) is 0 Å². The highest BCUT2D eigenvalue weighted by Gasteiger charge is 2.39. The average molecular weight is 294 g/mol. The summed E-state index contributed by atoms with van der Waals surface area (Å²) in [5.41, 5.74) is 0.